The fourth-order valence-corrected chi connectivity index (χ4v) is 4.94. The molecule has 2 N–H and O–H groups in total. The molecule has 0 bridgehead atoms. The Balaban J connectivity index is 1.78. The minimum absolute atomic E-state index is 0.186. The fraction of sp³-hybridized carbons (Fsp3) is 0.500. The summed E-state index contributed by atoms with van der Waals surface area (Å²) in [7, 11) is 0. The smallest absolute Gasteiger partial charge is 0.272 e. The highest BCUT2D eigenvalue weighted by molar-refractivity contribution is 7.11. The largest absolute Gasteiger partial charge is 0.365 e. The third-order valence-electron chi connectivity index (χ3n) is 4.32. The van der Waals surface area contributed by atoms with Crippen LogP contribution >= 0.6 is 22.7 Å². The Kier molecular flexibility index (Phi) is 4.61. The molecule has 3 heterocycles. The quantitative estimate of drug-likeness (QED) is 0.853. The van der Waals surface area contributed by atoms with Gasteiger partial charge >= 0.3 is 0 Å². The van der Waals surface area contributed by atoms with Crippen molar-refractivity contribution in [3.63, 3.8) is 0 Å². The predicted molar refractivity (Wildman–Crippen MR) is 91.8 cm³/mol. The van der Waals surface area contributed by atoms with Gasteiger partial charge in [0.1, 0.15) is 6.54 Å². The number of hydrogen-bond donors (Lipinski definition) is 1. The number of primary amides is 1. The first-order valence-electron chi connectivity index (χ1n) is 7.70. The van der Waals surface area contributed by atoms with E-state index in [0.717, 1.165) is 34.8 Å². The molecule has 4 nitrogen and oxygen atoms in total. The predicted octanol–water partition coefficient (Wildman–Crippen LogP) is 3.17. The van der Waals surface area contributed by atoms with E-state index in [4.69, 9.17) is 5.73 Å². The van der Waals surface area contributed by atoms with Crippen molar-refractivity contribution in [2.75, 3.05) is 19.6 Å². The summed E-state index contributed by atoms with van der Waals surface area (Å²) in [6.45, 7) is 5.53. The molecule has 0 aromatic carbocycles. The molecule has 2 aromatic heterocycles. The van der Waals surface area contributed by atoms with Gasteiger partial charge in [0.25, 0.3) is 5.91 Å². The van der Waals surface area contributed by atoms with Gasteiger partial charge in [-0.1, -0.05) is 0 Å². The van der Waals surface area contributed by atoms with Crippen LogP contribution in [0.5, 0.6) is 0 Å². The van der Waals surface area contributed by atoms with Crippen LogP contribution in [0.2, 0.25) is 0 Å². The van der Waals surface area contributed by atoms with E-state index in [9.17, 15) is 4.79 Å². The van der Waals surface area contributed by atoms with Crippen LogP contribution in [-0.2, 0) is 11.3 Å². The highest BCUT2D eigenvalue weighted by Gasteiger charge is 2.32. The van der Waals surface area contributed by atoms with Crippen LogP contribution in [0.1, 0.15) is 29.1 Å². The van der Waals surface area contributed by atoms with Crippen LogP contribution in [0.15, 0.2) is 16.8 Å². The number of hydrogen-bond acceptors (Lipinski definition) is 4. The fourth-order valence-electron chi connectivity index (χ4n) is 3.31. The Morgan fingerprint density at radius 2 is 2.05 bits per heavy atom. The first-order chi connectivity index (χ1) is 10.6. The van der Waals surface area contributed by atoms with Crippen molar-refractivity contribution >= 4 is 28.6 Å². The van der Waals surface area contributed by atoms with Gasteiger partial charge in [0, 0.05) is 16.3 Å². The number of amides is 1. The summed E-state index contributed by atoms with van der Waals surface area (Å²) in [5.41, 5.74) is 7.75. The molecule has 0 atom stereocenters. The van der Waals surface area contributed by atoms with Crippen molar-refractivity contribution in [3.8, 4) is 11.3 Å². The molecule has 1 fully saturated rings. The molecule has 0 saturated carbocycles. The van der Waals surface area contributed by atoms with Crippen molar-refractivity contribution in [2.45, 2.75) is 32.7 Å². The number of aryl methyl sites for hydroxylation is 1. The zero-order chi connectivity index (χ0) is 15.6. The third kappa shape index (κ3) is 3.56. The van der Waals surface area contributed by atoms with Crippen molar-refractivity contribution in [1.29, 1.82) is 0 Å². The molecule has 1 aliphatic heterocycles. The molecule has 0 unspecified atom stereocenters. The summed E-state index contributed by atoms with van der Waals surface area (Å²) in [5, 5.41) is 5.38. The number of nitrogens with two attached hydrogens (primary N) is 1. The lowest BCUT2D eigenvalue weighted by Gasteiger charge is -2.40. The van der Waals surface area contributed by atoms with E-state index in [-0.39, 0.29) is 5.91 Å². The Hall–Kier alpha value is -1.24. The van der Waals surface area contributed by atoms with E-state index >= 15 is 0 Å². The van der Waals surface area contributed by atoms with Gasteiger partial charge in [-0.3, -0.25) is 4.79 Å². The van der Waals surface area contributed by atoms with Crippen LogP contribution in [-0.4, -0.2) is 35.0 Å². The van der Waals surface area contributed by atoms with Crippen LogP contribution in [0.4, 0.5) is 0 Å². The van der Waals surface area contributed by atoms with Gasteiger partial charge in [-0.2, -0.15) is 0 Å². The van der Waals surface area contributed by atoms with Gasteiger partial charge in [-0.25, -0.2) is 4.98 Å². The normalized spacial score (nSPS) is 17.5. The Morgan fingerprint density at radius 3 is 2.68 bits per heavy atom. The van der Waals surface area contributed by atoms with E-state index in [0.29, 0.717) is 6.54 Å². The number of aromatic nitrogens is 1. The molecule has 1 saturated heterocycles. The van der Waals surface area contributed by atoms with E-state index in [2.05, 4.69) is 21.8 Å². The Labute approximate surface area is 139 Å². The lowest BCUT2D eigenvalue weighted by Crippen LogP contribution is -2.54. The van der Waals surface area contributed by atoms with E-state index < -0.39 is 0 Å². The lowest BCUT2D eigenvalue weighted by molar-refractivity contribution is -0.937. The van der Waals surface area contributed by atoms with Crippen molar-refractivity contribution in [1.82, 2.24) is 4.98 Å². The van der Waals surface area contributed by atoms with E-state index in [1.165, 1.54) is 29.7 Å². The number of carbonyl (C=O) groups is 1. The average Bonchev–Trinajstić information content (AvgIpc) is 3.07. The monoisotopic (exact) mass is 336 g/mol. The SMILES string of the molecule is Cc1nc(-c2csc(C[N+]3(CC(N)=O)CCCCC3)c2)cs1. The van der Waals surface area contributed by atoms with Crippen molar-refractivity contribution in [2.24, 2.45) is 5.73 Å². The van der Waals surface area contributed by atoms with Crippen molar-refractivity contribution in [3.05, 3.63) is 26.7 Å². The van der Waals surface area contributed by atoms with E-state index in [1.807, 2.05) is 6.92 Å². The van der Waals surface area contributed by atoms with Gasteiger partial charge in [0.05, 0.1) is 28.7 Å². The Bertz CT molecular complexity index is 656. The summed E-state index contributed by atoms with van der Waals surface area (Å²) in [4.78, 5) is 17.4. The summed E-state index contributed by atoms with van der Waals surface area (Å²) in [6.07, 6.45) is 3.65. The molecule has 2 aromatic rings. The Morgan fingerprint density at radius 1 is 1.27 bits per heavy atom. The zero-order valence-corrected chi connectivity index (χ0v) is 14.5. The minimum atomic E-state index is -0.186. The molecular weight excluding hydrogens is 314 g/mol. The maximum Gasteiger partial charge on any atom is 0.272 e. The number of thiophene rings is 1. The number of thiazole rings is 1. The van der Waals surface area contributed by atoms with Gasteiger partial charge in [0.2, 0.25) is 0 Å². The lowest BCUT2D eigenvalue weighted by atomic mass is 10.1. The number of piperidine rings is 1. The zero-order valence-electron chi connectivity index (χ0n) is 12.9. The summed E-state index contributed by atoms with van der Waals surface area (Å²) < 4.78 is 0.825. The number of nitrogens with zero attached hydrogens (tertiary/aromatic N) is 2. The van der Waals surface area contributed by atoms with Crippen LogP contribution in [0.25, 0.3) is 11.3 Å². The molecule has 0 radical (unpaired) electrons. The molecule has 0 aliphatic carbocycles. The molecular formula is C16H22N3OS2+. The maximum atomic E-state index is 11.5. The second-order valence-electron chi connectivity index (χ2n) is 6.19. The first kappa shape index (κ1) is 15.6. The number of quaternary nitrogens is 1. The second-order valence-corrected chi connectivity index (χ2v) is 8.24. The van der Waals surface area contributed by atoms with Crippen LogP contribution in [0, 0.1) is 6.92 Å². The number of carbonyl (C=O) groups excluding carboxylic acids is 1. The highest BCUT2D eigenvalue weighted by Crippen LogP contribution is 2.30. The number of likely N-dealkylation sites (tertiary alicyclic amines) is 1. The topological polar surface area (TPSA) is 56.0 Å². The van der Waals surface area contributed by atoms with Gasteiger partial charge in [-0.05, 0) is 32.3 Å². The van der Waals surface area contributed by atoms with Crippen molar-refractivity contribution < 1.29 is 9.28 Å². The van der Waals surface area contributed by atoms with Crippen LogP contribution in [0.3, 0.4) is 0 Å². The summed E-state index contributed by atoms with van der Waals surface area (Å²) in [5.74, 6) is -0.186. The average molecular weight is 337 g/mol. The van der Waals surface area contributed by atoms with Gasteiger partial charge in [0.15, 0.2) is 6.54 Å². The molecule has 118 valence electrons. The molecule has 0 spiro atoms. The molecule has 3 rings (SSSR count). The minimum Gasteiger partial charge on any atom is -0.365 e. The summed E-state index contributed by atoms with van der Waals surface area (Å²) >= 11 is 3.45. The molecule has 6 heteroatoms. The van der Waals surface area contributed by atoms with Gasteiger partial charge in [-0.15, -0.1) is 22.7 Å². The first-order valence-corrected chi connectivity index (χ1v) is 9.46. The number of rotatable bonds is 5. The molecule has 1 amide bonds. The summed E-state index contributed by atoms with van der Waals surface area (Å²) in [6, 6.07) is 2.23. The van der Waals surface area contributed by atoms with E-state index in [1.54, 1.807) is 22.7 Å². The maximum absolute atomic E-state index is 11.5. The molecule has 22 heavy (non-hydrogen) atoms. The van der Waals surface area contributed by atoms with Gasteiger partial charge < -0.3 is 10.2 Å². The third-order valence-corrected chi connectivity index (χ3v) is 6.01. The second kappa shape index (κ2) is 6.48. The molecule has 1 aliphatic rings. The van der Waals surface area contributed by atoms with Crippen LogP contribution < -0.4 is 5.73 Å². The highest BCUT2D eigenvalue weighted by atomic mass is 32.1. The standard InChI is InChI=1S/C16H21N3OS2/c1-12-18-15(11-21-12)13-7-14(22-10-13)8-19(9-16(17)20)5-3-2-4-6-19/h7,10-11H,2-6,8-9H2,1H3,(H-,17,20)/p+1.